The Kier molecular flexibility index (Phi) is 8.25. The molecule has 1 heterocycles. The summed E-state index contributed by atoms with van der Waals surface area (Å²) < 4.78 is 11.5. The van der Waals surface area contributed by atoms with Crippen LogP contribution < -0.4 is 0 Å². The van der Waals surface area contributed by atoms with Crippen molar-refractivity contribution in [2.24, 2.45) is 50.2 Å². The van der Waals surface area contributed by atoms with Crippen molar-refractivity contribution < 1.29 is 44.9 Å². The third-order valence-electron chi connectivity index (χ3n) is 15.2. The van der Waals surface area contributed by atoms with Gasteiger partial charge < -0.3 is 40.1 Å². The van der Waals surface area contributed by atoms with Gasteiger partial charge in [0.15, 0.2) is 0 Å². The lowest BCUT2D eigenvalue weighted by molar-refractivity contribution is -0.297. The summed E-state index contributed by atoms with van der Waals surface area (Å²) in [5.74, 6) is 0.149. The maximum absolute atomic E-state index is 14.4. The maximum Gasteiger partial charge on any atom is 0.315 e. The molecule has 256 valence electrons. The summed E-state index contributed by atoms with van der Waals surface area (Å²) >= 11 is 0. The Morgan fingerprint density at radius 1 is 0.867 bits per heavy atom. The van der Waals surface area contributed by atoms with Gasteiger partial charge in [-0.25, -0.2) is 0 Å². The van der Waals surface area contributed by atoms with E-state index in [0.29, 0.717) is 25.2 Å². The monoisotopic (exact) mass is 634 g/mol. The zero-order chi connectivity index (χ0) is 33.0. The fourth-order valence-corrected chi connectivity index (χ4v) is 12.0. The molecule has 5 aliphatic carbocycles. The standard InChI is InChI=1S/C36H58O9/c1-31(2)13-15-36(30(43)45-29-28(42)27(41)26(40)22(18-37)44-29)16-14-34(5)20(21(36)17-31)7-8-24-32(3)11-10-25(39)33(4,19-38)23(32)9-12-35(24,34)6/h7,21-29,37-42H,8-19H2,1-6H3/t21-,22+,23+,24+,25-,26+,27-,28+,29-,32-,33+,34+,35+,36-/m0/s1. The first-order valence-electron chi connectivity index (χ1n) is 17.5. The predicted octanol–water partition coefficient (Wildman–Crippen LogP) is 3.46. The second-order valence-corrected chi connectivity index (χ2v) is 17.7. The minimum atomic E-state index is -1.63. The summed E-state index contributed by atoms with van der Waals surface area (Å²) in [7, 11) is 0. The summed E-state index contributed by atoms with van der Waals surface area (Å²) in [6.07, 6.45) is 2.92. The van der Waals surface area contributed by atoms with Gasteiger partial charge in [0, 0.05) is 5.41 Å². The highest BCUT2D eigenvalue weighted by atomic mass is 16.7. The Labute approximate surface area is 268 Å². The molecule has 1 saturated heterocycles. The molecule has 5 fully saturated rings. The number of ether oxygens (including phenoxy) is 2. The first-order chi connectivity index (χ1) is 20.9. The zero-order valence-electron chi connectivity index (χ0n) is 28.2. The van der Waals surface area contributed by atoms with Crippen molar-refractivity contribution in [2.45, 2.75) is 143 Å². The zero-order valence-corrected chi connectivity index (χ0v) is 28.2. The molecule has 6 N–H and O–H groups in total. The van der Waals surface area contributed by atoms with Crippen LogP contribution in [0.2, 0.25) is 0 Å². The Morgan fingerprint density at radius 3 is 2.22 bits per heavy atom. The van der Waals surface area contributed by atoms with Crippen LogP contribution in [0.1, 0.15) is 106 Å². The van der Waals surface area contributed by atoms with Gasteiger partial charge in [-0.3, -0.25) is 4.79 Å². The number of fused-ring (bicyclic) bond motifs is 7. The molecule has 14 atom stereocenters. The summed E-state index contributed by atoms with van der Waals surface area (Å²) in [5, 5.41) is 62.6. The molecular weight excluding hydrogens is 576 g/mol. The van der Waals surface area contributed by atoms with Gasteiger partial charge in [-0.15, -0.1) is 0 Å². The molecule has 6 rings (SSSR count). The molecule has 1 aliphatic heterocycles. The van der Waals surface area contributed by atoms with E-state index in [4.69, 9.17) is 9.47 Å². The number of rotatable bonds is 4. The Hall–Kier alpha value is -1.07. The number of aliphatic hydroxyl groups is 6. The molecule has 0 aromatic rings. The van der Waals surface area contributed by atoms with Crippen LogP contribution in [0.15, 0.2) is 11.6 Å². The van der Waals surface area contributed by atoms with E-state index in [1.807, 2.05) is 0 Å². The number of hydrogen-bond acceptors (Lipinski definition) is 9. The maximum atomic E-state index is 14.4. The van der Waals surface area contributed by atoms with E-state index in [9.17, 15) is 35.4 Å². The molecule has 0 bridgehead atoms. The SMILES string of the molecule is CC1(C)CC[C@]2(C(=O)O[C@@H]3O[C@H](CO)[C@@H](O)[C@H](O)[C@H]3O)CC[C@]3(C)C(=CC[C@@H]4[C@@]5(C)CC[C@H](O)[C@](C)(CO)[C@@H]5CC[C@]43C)[C@@H]2C1. The third-order valence-corrected chi connectivity index (χ3v) is 15.2. The lowest BCUT2D eigenvalue weighted by Gasteiger charge is -2.71. The second-order valence-electron chi connectivity index (χ2n) is 17.7. The highest BCUT2D eigenvalue weighted by molar-refractivity contribution is 5.79. The second kappa shape index (κ2) is 11.0. The highest BCUT2D eigenvalue weighted by Gasteiger charge is 2.70. The van der Waals surface area contributed by atoms with Crippen LogP contribution in [0, 0.1) is 50.2 Å². The molecule has 0 radical (unpaired) electrons. The van der Waals surface area contributed by atoms with Gasteiger partial charge in [0.1, 0.15) is 24.4 Å². The quantitative estimate of drug-likeness (QED) is 0.201. The van der Waals surface area contributed by atoms with Crippen LogP contribution in [-0.4, -0.2) is 86.6 Å². The fourth-order valence-electron chi connectivity index (χ4n) is 12.0. The number of esters is 1. The van der Waals surface area contributed by atoms with Gasteiger partial charge in [0.25, 0.3) is 0 Å². The third kappa shape index (κ3) is 4.61. The molecule has 0 unspecified atom stereocenters. The van der Waals surface area contributed by atoms with Crippen LogP contribution in [0.3, 0.4) is 0 Å². The lowest BCUT2D eigenvalue weighted by Crippen LogP contribution is -2.66. The fraction of sp³-hybridized carbons (Fsp3) is 0.917. The van der Waals surface area contributed by atoms with Crippen molar-refractivity contribution in [3.05, 3.63) is 11.6 Å². The van der Waals surface area contributed by atoms with Crippen molar-refractivity contribution >= 4 is 5.97 Å². The van der Waals surface area contributed by atoms with Gasteiger partial charge in [0.05, 0.1) is 24.7 Å². The molecular formula is C36H58O9. The van der Waals surface area contributed by atoms with E-state index >= 15 is 0 Å². The van der Waals surface area contributed by atoms with Gasteiger partial charge >= 0.3 is 5.97 Å². The average molecular weight is 635 g/mol. The molecule has 6 aliphatic rings. The smallest absolute Gasteiger partial charge is 0.315 e. The number of carbonyl (C=O) groups is 1. The van der Waals surface area contributed by atoms with Crippen molar-refractivity contribution in [3.8, 4) is 0 Å². The van der Waals surface area contributed by atoms with Gasteiger partial charge in [-0.2, -0.15) is 0 Å². The Balaban J connectivity index is 1.35. The van der Waals surface area contributed by atoms with Gasteiger partial charge in [-0.05, 0) is 104 Å². The van der Waals surface area contributed by atoms with Crippen LogP contribution in [0.4, 0.5) is 0 Å². The average Bonchev–Trinajstić information content (AvgIpc) is 2.99. The summed E-state index contributed by atoms with van der Waals surface area (Å²) in [5.41, 5.74) is -0.0979. The lowest BCUT2D eigenvalue weighted by atomic mass is 9.33. The first kappa shape index (κ1) is 33.8. The van der Waals surface area contributed by atoms with E-state index < -0.39 is 60.2 Å². The Bertz CT molecular complexity index is 1200. The molecule has 9 nitrogen and oxygen atoms in total. The predicted molar refractivity (Wildman–Crippen MR) is 166 cm³/mol. The highest BCUT2D eigenvalue weighted by Crippen LogP contribution is 2.75. The first-order valence-corrected chi connectivity index (χ1v) is 17.5. The van der Waals surface area contributed by atoms with Gasteiger partial charge in [-0.1, -0.05) is 53.2 Å². The normalized spacial score (nSPS) is 54.0. The number of carbonyl (C=O) groups excluding carboxylic acids is 1. The van der Waals surface area contributed by atoms with Crippen molar-refractivity contribution in [1.82, 2.24) is 0 Å². The van der Waals surface area contributed by atoms with E-state index in [2.05, 4.69) is 47.6 Å². The Morgan fingerprint density at radius 2 is 1.56 bits per heavy atom. The minimum absolute atomic E-state index is 0.00749. The van der Waals surface area contributed by atoms with Crippen LogP contribution in [-0.2, 0) is 14.3 Å². The van der Waals surface area contributed by atoms with E-state index in [-0.39, 0.29) is 40.1 Å². The molecule has 0 spiro atoms. The summed E-state index contributed by atoms with van der Waals surface area (Å²) in [4.78, 5) is 14.4. The van der Waals surface area contributed by atoms with E-state index in [1.54, 1.807) is 0 Å². The largest absolute Gasteiger partial charge is 0.432 e. The molecule has 9 heteroatoms. The number of hydrogen-bond donors (Lipinski definition) is 6. The van der Waals surface area contributed by atoms with Crippen LogP contribution in [0.5, 0.6) is 0 Å². The minimum Gasteiger partial charge on any atom is -0.432 e. The number of allylic oxidation sites excluding steroid dienone is 2. The van der Waals surface area contributed by atoms with Crippen LogP contribution >= 0.6 is 0 Å². The van der Waals surface area contributed by atoms with E-state index in [1.165, 1.54) is 5.57 Å². The topological polar surface area (TPSA) is 157 Å². The summed E-state index contributed by atoms with van der Waals surface area (Å²) in [6.45, 7) is 13.3. The van der Waals surface area contributed by atoms with Crippen LogP contribution in [0.25, 0.3) is 0 Å². The molecule has 45 heavy (non-hydrogen) atoms. The van der Waals surface area contributed by atoms with Gasteiger partial charge in [0.2, 0.25) is 6.29 Å². The molecule has 0 aromatic heterocycles. The van der Waals surface area contributed by atoms with Crippen molar-refractivity contribution in [1.29, 1.82) is 0 Å². The van der Waals surface area contributed by atoms with Crippen molar-refractivity contribution in [2.75, 3.05) is 13.2 Å². The molecule has 0 amide bonds. The van der Waals surface area contributed by atoms with Crippen molar-refractivity contribution in [3.63, 3.8) is 0 Å². The molecule has 4 saturated carbocycles. The molecule has 0 aromatic carbocycles. The van der Waals surface area contributed by atoms with E-state index in [0.717, 1.165) is 44.9 Å². The summed E-state index contributed by atoms with van der Waals surface area (Å²) in [6, 6.07) is 0. The number of aliphatic hydroxyl groups excluding tert-OH is 6.